The Morgan fingerprint density at radius 1 is 1.21 bits per heavy atom. The largest absolute Gasteiger partial charge is 0.534 e. The number of halogens is 4. The number of nitrogens with one attached hydrogen (secondary N) is 1. The summed E-state index contributed by atoms with van der Waals surface area (Å²) in [7, 11) is -4.52. The predicted octanol–water partition coefficient (Wildman–Crippen LogP) is 4.33. The third-order valence-electron chi connectivity index (χ3n) is 4.88. The lowest BCUT2D eigenvalue weighted by Crippen LogP contribution is -2.28. The summed E-state index contributed by atoms with van der Waals surface area (Å²) >= 11 is 6.48. The first-order chi connectivity index (χ1) is 15.5. The number of pyridine rings is 2. The van der Waals surface area contributed by atoms with E-state index in [1.165, 1.54) is 13.2 Å². The summed E-state index contributed by atoms with van der Waals surface area (Å²) in [5, 5.41) is 0.321. The van der Waals surface area contributed by atoms with Crippen LogP contribution in [0.5, 0.6) is 11.5 Å². The Hall–Kier alpha value is -2.83. The lowest BCUT2D eigenvalue weighted by Gasteiger charge is -2.15. The van der Waals surface area contributed by atoms with E-state index in [-0.39, 0.29) is 23.6 Å². The Bertz CT molecular complexity index is 1390. The van der Waals surface area contributed by atoms with Crippen LogP contribution in [0.2, 0.25) is 5.02 Å². The summed E-state index contributed by atoms with van der Waals surface area (Å²) in [5.41, 5.74) is -4.71. The lowest BCUT2D eigenvalue weighted by molar-refractivity contribution is -0.0499. The highest BCUT2D eigenvalue weighted by Gasteiger charge is 2.48. The fraction of sp³-hybridized carbons (Fsp3) is 0.300. The van der Waals surface area contributed by atoms with Crippen molar-refractivity contribution in [2.75, 3.05) is 13.9 Å². The van der Waals surface area contributed by atoms with Crippen molar-refractivity contribution in [1.29, 1.82) is 0 Å². The summed E-state index contributed by atoms with van der Waals surface area (Å²) in [4.78, 5) is 18.7. The zero-order valence-electron chi connectivity index (χ0n) is 16.9. The smallest absolute Gasteiger partial charge is 0.467 e. The first-order valence-corrected chi connectivity index (χ1v) is 11.3. The Labute approximate surface area is 190 Å². The van der Waals surface area contributed by atoms with Gasteiger partial charge in [0.25, 0.3) is 5.56 Å². The van der Waals surface area contributed by atoms with Gasteiger partial charge in [-0.05, 0) is 42.5 Å². The van der Waals surface area contributed by atoms with Crippen LogP contribution in [0.1, 0.15) is 24.3 Å². The van der Waals surface area contributed by atoms with E-state index >= 15 is 0 Å². The molecule has 1 aliphatic carbocycles. The molecule has 8 nitrogen and oxygen atoms in total. The maximum Gasteiger partial charge on any atom is 0.534 e. The van der Waals surface area contributed by atoms with Crippen LogP contribution in [0.3, 0.4) is 0 Å². The molecule has 1 aromatic carbocycles. The van der Waals surface area contributed by atoms with Crippen LogP contribution in [-0.2, 0) is 14.9 Å². The zero-order valence-corrected chi connectivity index (χ0v) is 18.5. The van der Waals surface area contributed by atoms with E-state index in [1.807, 2.05) is 0 Å². The van der Waals surface area contributed by atoms with Crippen LogP contribution in [0.15, 0.2) is 35.3 Å². The van der Waals surface area contributed by atoms with Crippen molar-refractivity contribution < 1.29 is 35.2 Å². The SMILES string of the molecule is COCOc1cc(Cl)c(C2CC2)c(-c2cc3[nH]c(=O)cc(OS(=O)(=O)C(F)(F)F)c3cn2)c1. The van der Waals surface area contributed by atoms with E-state index in [1.54, 1.807) is 12.1 Å². The monoisotopic (exact) mass is 504 g/mol. The highest BCUT2D eigenvalue weighted by atomic mass is 35.5. The van der Waals surface area contributed by atoms with Crippen molar-refractivity contribution in [3.8, 4) is 22.8 Å². The summed E-state index contributed by atoms with van der Waals surface area (Å²) in [6.45, 7) is -0.0224. The van der Waals surface area contributed by atoms with Crippen LogP contribution < -0.4 is 14.5 Å². The number of alkyl halides is 3. The van der Waals surface area contributed by atoms with Gasteiger partial charge in [-0.3, -0.25) is 9.78 Å². The molecule has 0 saturated heterocycles. The molecule has 0 unspecified atom stereocenters. The van der Waals surface area contributed by atoms with E-state index in [9.17, 15) is 26.4 Å². The van der Waals surface area contributed by atoms with E-state index in [4.69, 9.17) is 21.1 Å². The van der Waals surface area contributed by atoms with Gasteiger partial charge in [-0.1, -0.05) is 11.6 Å². The molecule has 1 N–H and O–H groups in total. The van der Waals surface area contributed by atoms with E-state index in [0.29, 0.717) is 28.1 Å². The van der Waals surface area contributed by atoms with E-state index in [2.05, 4.69) is 14.2 Å². The second kappa shape index (κ2) is 8.50. The number of rotatable bonds is 7. The van der Waals surface area contributed by atoms with Crippen LogP contribution in [0.4, 0.5) is 13.2 Å². The number of aromatic nitrogens is 2. The molecule has 4 rings (SSSR count). The molecule has 1 fully saturated rings. The zero-order chi connectivity index (χ0) is 24.0. The Morgan fingerprint density at radius 2 is 1.94 bits per heavy atom. The second-order valence-electron chi connectivity index (χ2n) is 7.29. The molecule has 1 aliphatic rings. The van der Waals surface area contributed by atoms with Gasteiger partial charge in [-0.25, -0.2) is 0 Å². The number of fused-ring (bicyclic) bond motifs is 1. The van der Waals surface area contributed by atoms with Gasteiger partial charge in [0.05, 0.1) is 16.6 Å². The number of aromatic amines is 1. The molecule has 1 saturated carbocycles. The molecule has 33 heavy (non-hydrogen) atoms. The van der Waals surface area contributed by atoms with Gasteiger partial charge < -0.3 is 18.6 Å². The van der Waals surface area contributed by atoms with Gasteiger partial charge >= 0.3 is 15.6 Å². The molecule has 0 bridgehead atoms. The van der Waals surface area contributed by atoms with Crippen LogP contribution in [0, 0.1) is 0 Å². The Morgan fingerprint density at radius 3 is 2.58 bits per heavy atom. The van der Waals surface area contributed by atoms with Crippen molar-refractivity contribution in [3.63, 3.8) is 0 Å². The fourth-order valence-corrected chi connectivity index (χ4v) is 4.14. The summed E-state index contributed by atoms with van der Waals surface area (Å²) < 4.78 is 75.7. The van der Waals surface area contributed by atoms with E-state index in [0.717, 1.165) is 24.6 Å². The topological polar surface area (TPSA) is 108 Å². The molecule has 0 atom stereocenters. The average molecular weight is 505 g/mol. The van der Waals surface area contributed by atoms with Crippen LogP contribution in [0.25, 0.3) is 22.2 Å². The lowest BCUT2D eigenvalue weighted by atomic mass is 9.99. The Balaban J connectivity index is 1.84. The molecule has 0 radical (unpaired) electrons. The second-order valence-corrected chi connectivity index (χ2v) is 9.23. The minimum absolute atomic E-state index is 0.0224. The number of methoxy groups -OCH3 is 1. The number of hydrogen-bond donors (Lipinski definition) is 1. The molecule has 0 aliphatic heterocycles. The van der Waals surface area contributed by atoms with Crippen molar-refractivity contribution >= 4 is 32.6 Å². The van der Waals surface area contributed by atoms with Gasteiger partial charge in [-0.15, -0.1) is 0 Å². The third kappa shape index (κ3) is 4.77. The standard InChI is InChI=1S/C20H16ClF3N2O6S/c1-30-9-31-11-4-12(19(10-2-3-10)14(21)5-11)15-6-16-13(8-25-15)17(7-18(27)26-16)32-33(28,29)20(22,23)24/h4-8,10H,2-3,9H2,1H3,(H,26,27). The summed E-state index contributed by atoms with van der Waals surface area (Å²) in [5.74, 6) is -0.181. The molecular formula is C20H16ClF3N2O6S. The molecule has 0 amide bonds. The van der Waals surface area contributed by atoms with Crippen LogP contribution in [-0.4, -0.2) is 37.8 Å². The summed E-state index contributed by atoms with van der Waals surface area (Å²) in [6.07, 6.45) is 2.96. The number of ether oxygens (including phenoxy) is 2. The van der Waals surface area contributed by atoms with Crippen molar-refractivity contribution in [1.82, 2.24) is 9.97 Å². The quantitative estimate of drug-likeness (QED) is 0.290. The fourth-order valence-electron chi connectivity index (χ4n) is 3.30. The first kappa shape index (κ1) is 23.3. The van der Waals surface area contributed by atoms with Crippen molar-refractivity contribution in [2.24, 2.45) is 0 Å². The number of nitrogens with zero attached hydrogens (tertiary/aromatic N) is 1. The Kier molecular flexibility index (Phi) is 6.01. The molecule has 3 aromatic rings. The van der Waals surface area contributed by atoms with Gasteiger partial charge in [0, 0.05) is 30.0 Å². The van der Waals surface area contributed by atoms with Gasteiger partial charge in [0.2, 0.25) is 0 Å². The molecular weight excluding hydrogens is 489 g/mol. The van der Waals surface area contributed by atoms with Gasteiger partial charge in [-0.2, -0.15) is 21.6 Å². The van der Waals surface area contributed by atoms with Crippen LogP contribution >= 0.6 is 11.6 Å². The molecule has 0 spiro atoms. The average Bonchev–Trinajstić information content (AvgIpc) is 3.55. The predicted molar refractivity (Wildman–Crippen MR) is 113 cm³/mol. The number of benzene rings is 1. The van der Waals surface area contributed by atoms with Crippen molar-refractivity contribution in [2.45, 2.75) is 24.3 Å². The number of H-pyrrole nitrogens is 1. The highest BCUT2D eigenvalue weighted by molar-refractivity contribution is 7.88. The van der Waals surface area contributed by atoms with E-state index < -0.39 is 26.9 Å². The minimum atomic E-state index is -5.98. The third-order valence-corrected chi connectivity index (χ3v) is 6.16. The van der Waals surface area contributed by atoms with Gasteiger partial charge in [0.15, 0.2) is 12.5 Å². The van der Waals surface area contributed by atoms with Gasteiger partial charge in [0.1, 0.15) is 5.75 Å². The minimum Gasteiger partial charge on any atom is -0.467 e. The molecule has 2 heterocycles. The molecule has 176 valence electrons. The first-order valence-electron chi connectivity index (χ1n) is 9.49. The van der Waals surface area contributed by atoms with Crippen molar-refractivity contribution in [3.05, 3.63) is 51.4 Å². The molecule has 13 heteroatoms. The maximum absolute atomic E-state index is 12.7. The molecule has 2 aromatic heterocycles. The maximum atomic E-state index is 12.7. The number of hydrogen-bond acceptors (Lipinski definition) is 7. The highest BCUT2D eigenvalue weighted by Crippen LogP contribution is 2.49. The normalized spacial score (nSPS) is 14.5. The summed E-state index contributed by atoms with van der Waals surface area (Å²) in [6, 6.07) is 5.36.